The summed E-state index contributed by atoms with van der Waals surface area (Å²) in [6, 6.07) is 14.6. The first-order valence-corrected chi connectivity index (χ1v) is 7.66. The van der Waals surface area contributed by atoms with Crippen LogP contribution in [0.1, 0.15) is 27.2 Å². The number of aromatic nitrogens is 1. The van der Waals surface area contributed by atoms with E-state index in [-0.39, 0.29) is 12.5 Å². The summed E-state index contributed by atoms with van der Waals surface area (Å²) in [4.78, 5) is 16.8. The Hall–Kier alpha value is -2.92. The molecule has 0 atom stereocenters. The summed E-state index contributed by atoms with van der Waals surface area (Å²) in [7, 11) is 0. The molecule has 0 saturated heterocycles. The number of furan rings is 1. The van der Waals surface area contributed by atoms with Crippen LogP contribution in [0, 0.1) is 6.92 Å². The van der Waals surface area contributed by atoms with Crippen molar-refractivity contribution < 1.29 is 14.3 Å². The number of aliphatic hydroxyl groups is 1. The number of benzene rings is 1. The van der Waals surface area contributed by atoms with Gasteiger partial charge in [-0.1, -0.05) is 24.3 Å². The third kappa shape index (κ3) is 3.36. The highest BCUT2D eigenvalue weighted by Gasteiger charge is 2.12. The lowest BCUT2D eigenvalue weighted by Gasteiger charge is -2.10. The van der Waals surface area contributed by atoms with Crippen LogP contribution in [-0.4, -0.2) is 16.0 Å². The highest BCUT2D eigenvalue weighted by Crippen LogP contribution is 2.19. The fourth-order valence-corrected chi connectivity index (χ4v) is 2.52. The number of hydrogen-bond acceptors (Lipinski definition) is 4. The van der Waals surface area contributed by atoms with Crippen LogP contribution in [0.25, 0.3) is 11.5 Å². The van der Waals surface area contributed by atoms with Crippen LogP contribution in [0.15, 0.2) is 59.2 Å². The standard InChI is InChI=1S/C19H18N2O3/c1-13-16(8-9-17(21-13)18-7-4-10-24-18)19(23)20-11-14-5-2-3-6-15(14)12-22/h2-10,22H,11-12H2,1H3,(H,20,23). The molecule has 0 unspecified atom stereocenters. The zero-order valence-electron chi connectivity index (χ0n) is 13.3. The van der Waals surface area contributed by atoms with Gasteiger partial charge in [0.15, 0.2) is 5.76 Å². The van der Waals surface area contributed by atoms with Gasteiger partial charge in [0.1, 0.15) is 5.69 Å². The summed E-state index contributed by atoms with van der Waals surface area (Å²) < 4.78 is 5.32. The van der Waals surface area contributed by atoms with Gasteiger partial charge in [-0.3, -0.25) is 4.79 Å². The van der Waals surface area contributed by atoms with E-state index in [9.17, 15) is 9.90 Å². The third-order valence-electron chi connectivity index (χ3n) is 3.83. The molecule has 0 aliphatic heterocycles. The Morgan fingerprint density at radius 1 is 1.12 bits per heavy atom. The molecule has 0 fully saturated rings. The van der Waals surface area contributed by atoms with E-state index in [4.69, 9.17) is 4.42 Å². The Bertz CT molecular complexity index is 842. The third-order valence-corrected chi connectivity index (χ3v) is 3.83. The molecule has 5 heteroatoms. The van der Waals surface area contributed by atoms with Gasteiger partial charge in [-0.15, -0.1) is 0 Å². The quantitative estimate of drug-likeness (QED) is 0.757. The Labute approximate surface area is 140 Å². The number of aliphatic hydroxyl groups excluding tert-OH is 1. The van der Waals surface area contributed by atoms with Crippen molar-refractivity contribution in [2.75, 3.05) is 0 Å². The second-order valence-electron chi connectivity index (χ2n) is 5.42. The molecular weight excluding hydrogens is 304 g/mol. The van der Waals surface area contributed by atoms with Crippen LogP contribution in [0.3, 0.4) is 0 Å². The van der Waals surface area contributed by atoms with Gasteiger partial charge in [-0.25, -0.2) is 4.98 Å². The van der Waals surface area contributed by atoms with Crippen LogP contribution in [0.5, 0.6) is 0 Å². The predicted octanol–water partition coefficient (Wildman–Crippen LogP) is 3.07. The molecule has 0 radical (unpaired) electrons. The first-order chi connectivity index (χ1) is 11.7. The molecule has 2 N–H and O–H groups in total. The van der Waals surface area contributed by atoms with Gasteiger partial charge in [0.2, 0.25) is 0 Å². The molecule has 3 aromatic rings. The van der Waals surface area contributed by atoms with E-state index in [2.05, 4.69) is 10.3 Å². The fraction of sp³-hybridized carbons (Fsp3) is 0.158. The normalized spacial score (nSPS) is 10.6. The Morgan fingerprint density at radius 3 is 2.58 bits per heavy atom. The number of aryl methyl sites for hydroxylation is 1. The summed E-state index contributed by atoms with van der Waals surface area (Å²) >= 11 is 0. The van der Waals surface area contributed by atoms with Crippen molar-refractivity contribution in [2.24, 2.45) is 0 Å². The molecule has 0 saturated carbocycles. The zero-order chi connectivity index (χ0) is 16.9. The minimum Gasteiger partial charge on any atom is -0.463 e. The van der Waals surface area contributed by atoms with E-state index in [1.807, 2.05) is 30.3 Å². The van der Waals surface area contributed by atoms with Crippen molar-refractivity contribution in [3.63, 3.8) is 0 Å². The van der Waals surface area contributed by atoms with Gasteiger partial charge < -0.3 is 14.8 Å². The molecule has 5 nitrogen and oxygen atoms in total. The van der Waals surface area contributed by atoms with Crippen molar-refractivity contribution in [3.05, 3.63) is 77.2 Å². The number of pyridine rings is 1. The summed E-state index contributed by atoms with van der Waals surface area (Å²) in [5, 5.41) is 12.2. The molecule has 122 valence electrons. The van der Waals surface area contributed by atoms with E-state index < -0.39 is 0 Å². The van der Waals surface area contributed by atoms with Gasteiger partial charge >= 0.3 is 0 Å². The molecule has 1 aromatic carbocycles. The minimum absolute atomic E-state index is 0.0511. The smallest absolute Gasteiger partial charge is 0.253 e. The lowest BCUT2D eigenvalue weighted by molar-refractivity contribution is 0.0949. The SMILES string of the molecule is Cc1nc(-c2ccco2)ccc1C(=O)NCc1ccccc1CO. The van der Waals surface area contributed by atoms with Crippen LogP contribution in [-0.2, 0) is 13.2 Å². The van der Waals surface area contributed by atoms with Crippen LogP contribution < -0.4 is 5.32 Å². The Morgan fingerprint density at radius 2 is 1.92 bits per heavy atom. The van der Waals surface area contributed by atoms with Gasteiger partial charge in [-0.2, -0.15) is 0 Å². The lowest BCUT2D eigenvalue weighted by Crippen LogP contribution is -2.24. The number of nitrogens with zero attached hydrogens (tertiary/aromatic N) is 1. The van der Waals surface area contributed by atoms with E-state index in [0.717, 1.165) is 11.1 Å². The van der Waals surface area contributed by atoms with Crippen molar-refractivity contribution >= 4 is 5.91 Å². The summed E-state index contributed by atoms with van der Waals surface area (Å²) in [5.74, 6) is 0.473. The molecule has 2 aromatic heterocycles. The second-order valence-corrected chi connectivity index (χ2v) is 5.42. The largest absolute Gasteiger partial charge is 0.463 e. The predicted molar refractivity (Wildman–Crippen MR) is 90.2 cm³/mol. The van der Waals surface area contributed by atoms with Gasteiger partial charge in [-0.05, 0) is 42.3 Å². The number of carbonyl (C=O) groups is 1. The maximum atomic E-state index is 12.4. The highest BCUT2D eigenvalue weighted by atomic mass is 16.3. The van der Waals surface area contributed by atoms with Crippen molar-refractivity contribution in [2.45, 2.75) is 20.1 Å². The van der Waals surface area contributed by atoms with Crippen molar-refractivity contribution in [3.8, 4) is 11.5 Å². The van der Waals surface area contributed by atoms with Crippen LogP contribution >= 0.6 is 0 Å². The average Bonchev–Trinajstić information content (AvgIpc) is 3.14. The Balaban J connectivity index is 1.73. The van der Waals surface area contributed by atoms with E-state index in [1.165, 1.54) is 0 Å². The maximum absolute atomic E-state index is 12.4. The van der Waals surface area contributed by atoms with E-state index >= 15 is 0 Å². The van der Waals surface area contributed by atoms with E-state index in [1.54, 1.807) is 31.4 Å². The van der Waals surface area contributed by atoms with Crippen molar-refractivity contribution in [1.82, 2.24) is 10.3 Å². The van der Waals surface area contributed by atoms with Gasteiger partial charge in [0.05, 0.1) is 24.1 Å². The lowest BCUT2D eigenvalue weighted by atomic mass is 10.1. The summed E-state index contributed by atoms with van der Waals surface area (Å²) in [5.41, 5.74) is 3.55. The molecule has 2 heterocycles. The topological polar surface area (TPSA) is 75.4 Å². The number of amides is 1. The van der Waals surface area contributed by atoms with Gasteiger partial charge in [0.25, 0.3) is 5.91 Å². The zero-order valence-corrected chi connectivity index (χ0v) is 13.3. The fourth-order valence-electron chi connectivity index (χ4n) is 2.52. The molecule has 0 aliphatic carbocycles. The van der Waals surface area contributed by atoms with Crippen LogP contribution in [0.4, 0.5) is 0 Å². The Kier molecular flexibility index (Phi) is 4.72. The van der Waals surface area contributed by atoms with Crippen molar-refractivity contribution in [1.29, 1.82) is 0 Å². The summed E-state index contributed by atoms with van der Waals surface area (Å²) in [6.45, 7) is 2.10. The molecule has 1 amide bonds. The molecule has 0 spiro atoms. The van der Waals surface area contributed by atoms with Crippen LogP contribution in [0.2, 0.25) is 0 Å². The molecule has 0 bridgehead atoms. The molecule has 3 rings (SSSR count). The number of hydrogen-bond donors (Lipinski definition) is 2. The molecule has 0 aliphatic rings. The first kappa shape index (κ1) is 16.0. The second kappa shape index (κ2) is 7.10. The maximum Gasteiger partial charge on any atom is 0.253 e. The average molecular weight is 322 g/mol. The number of rotatable bonds is 5. The number of nitrogens with one attached hydrogen (secondary N) is 1. The summed E-state index contributed by atoms with van der Waals surface area (Å²) in [6.07, 6.45) is 1.59. The monoisotopic (exact) mass is 322 g/mol. The van der Waals surface area contributed by atoms with E-state index in [0.29, 0.717) is 29.3 Å². The number of carbonyl (C=O) groups excluding carboxylic acids is 1. The molecule has 24 heavy (non-hydrogen) atoms. The van der Waals surface area contributed by atoms with Gasteiger partial charge in [0, 0.05) is 6.54 Å². The highest BCUT2D eigenvalue weighted by molar-refractivity contribution is 5.95. The molecular formula is C19H18N2O3. The minimum atomic E-state index is -0.196. The first-order valence-electron chi connectivity index (χ1n) is 7.66.